The van der Waals surface area contributed by atoms with Gasteiger partial charge in [0.05, 0.1) is 17.9 Å². The normalized spacial score (nSPS) is 15.3. The Morgan fingerprint density at radius 2 is 2.07 bits per heavy atom. The predicted octanol–water partition coefficient (Wildman–Crippen LogP) is 2.96. The van der Waals surface area contributed by atoms with Gasteiger partial charge in [-0.3, -0.25) is 14.2 Å². The Hall–Kier alpha value is -3.46. The molecule has 1 unspecified atom stereocenters. The zero-order valence-corrected chi connectivity index (χ0v) is 17.0. The molecule has 3 aromatic heterocycles. The zero-order chi connectivity index (χ0) is 20.7. The topological polar surface area (TPSA) is 94.7 Å². The minimum absolute atomic E-state index is 0.172. The second-order valence-corrected chi connectivity index (χ2v) is 8.07. The lowest BCUT2D eigenvalue weighted by Gasteiger charge is -2.14. The first kappa shape index (κ1) is 18.6. The summed E-state index contributed by atoms with van der Waals surface area (Å²) in [5.74, 6) is 0.975. The third kappa shape index (κ3) is 3.17. The molecule has 5 rings (SSSR count). The number of rotatable bonds is 4. The summed E-state index contributed by atoms with van der Waals surface area (Å²) < 4.78 is 3.29. The minimum atomic E-state index is -0.265. The van der Waals surface area contributed by atoms with Crippen LogP contribution in [-0.2, 0) is 4.79 Å². The van der Waals surface area contributed by atoms with Crippen molar-refractivity contribution in [2.24, 2.45) is 0 Å². The molecular weight excluding hydrogens is 400 g/mol. The van der Waals surface area contributed by atoms with E-state index in [-0.39, 0.29) is 23.9 Å². The Bertz CT molecular complexity index is 1310. The molecule has 1 aliphatic heterocycles. The fraction of sp³-hybridized carbons (Fsp3) is 0.190. The number of carbonyl (C=O) groups excluding carboxylic acids is 1. The van der Waals surface area contributed by atoms with Gasteiger partial charge in [-0.15, -0.1) is 0 Å². The van der Waals surface area contributed by atoms with Crippen LogP contribution in [0.4, 0.5) is 5.82 Å². The maximum atomic E-state index is 13.2. The van der Waals surface area contributed by atoms with E-state index in [1.807, 2.05) is 49.4 Å². The van der Waals surface area contributed by atoms with E-state index >= 15 is 0 Å². The Morgan fingerprint density at radius 1 is 1.23 bits per heavy atom. The molecule has 4 heterocycles. The van der Waals surface area contributed by atoms with Gasteiger partial charge in [0.1, 0.15) is 11.2 Å². The molecule has 4 aromatic rings. The van der Waals surface area contributed by atoms with Crippen LogP contribution in [0.3, 0.4) is 0 Å². The molecule has 150 valence electrons. The average Bonchev–Trinajstić information content (AvgIpc) is 3.35. The largest absolute Gasteiger partial charge is 0.310 e. The Labute approximate surface area is 176 Å². The molecular formula is C21H18N6O2S. The Kier molecular flexibility index (Phi) is 4.59. The van der Waals surface area contributed by atoms with E-state index < -0.39 is 0 Å². The molecule has 0 spiro atoms. The number of aryl methyl sites for hydroxylation is 1. The molecule has 30 heavy (non-hydrogen) atoms. The van der Waals surface area contributed by atoms with E-state index in [0.717, 1.165) is 11.3 Å². The van der Waals surface area contributed by atoms with Gasteiger partial charge in [-0.2, -0.15) is 5.10 Å². The summed E-state index contributed by atoms with van der Waals surface area (Å²) in [6.07, 6.45) is 3.36. The fourth-order valence-corrected chi connectivity index (χ4v) is 4.68. The van der Waals surface area contributed by atoms with E-state index in [2.05, 4.69) is 15.4 Å². The highest BCUT2D eigenvalue weighted by molar-refractivity contribution is 7.99. The van der Waals surface area contributed by atoms with Gasteiger partial charge in [0.15, 0.2) is 10.8 Å². The lowest BCUT2D eigenvalue weighted by atomic mass is 10.2. The van der Waals surface area contributed by atoms with Crippen LogP contribution in [0.2, 0.25) is 0 Å². The van der Waals surface area contributed by atoms with Crippen molar-refractivity contribution < 1.29 is 4.79 Å². The summed E-state index contributed by atoms with van der Waals surface area (Å²) >= 11 is 1.48. The van der Waals surface area contributed by atoms with Crippen LogP contribution in [0.15, 0.2) is 64.8 Å². The number of benzene rings is 1. The number of hydrogen-bond donors (Lipinski definition) is 1. The highest BCUT2D eigenvalue weighted by atomic mass is 32.2. The molecule has 8 nitrogen and oxygen atoms in total. The number of amides is 1. The molecule has 1 N–H and O–H groups in total. The summed E-state index contributed by atoms with van der Waals surface area (Å²) in [5, 5.41) is 8.25. The van der Waals surface area contributed by atoms with Gasteiger partial charge in [-0.1, -0.05) is 36.0 Å². The van der Waals surface area contributed by atoms with E-state index in [1.165, 1.54) is 11.8 Å². The summed E-state index contributed by atoms with van der Waals surface area (Å²) in [6.45, 7) is 1.89. The van der Waals surface area contributed by atoms with Gasteiger partial charge in [-0.25, -0.2) is 14.6 Å². The first-order valence-electron chi connectivity index (χ1n) is 9.52. The molecule has 1 aliphatic rings. The summed E-state index contributed by atoms with van der Waals surface area (Å²) in [7, 11) is 0. The van der Waals surface area contributed by atoms with Crippen molar-refractivity contribution >= 4 is 34.5 Å². The highest BCUT2D eigenvalue weighted by Gasteiger charge is 2.29. The second-order valence-electron chi connectivity index (χ2n) is 7.08. The lowest BCUT2D eigenvalue weighted by Crippen LogP contribution is -2.28. The summed E-state index contributed by atoms with van der Waals surface area (Å²) in [4.78, 5) is 34.7. The molecule has 0 fully saturated rings. The lowest BCUT2D eigenvalue weighted by molar-refractivity contribution is -0.116. The van der Waals surface area contributed by atoms with Crippen molar-refractivity contribution in [1.82, 2.24) is 24.3 Å². The number of pyridine rings is 1. The van der Waals surface area contributed by atoms with Crippen molar-refractivity contribution in [2.75, 3.05) is 11.1 Å². The Morgan fingerprint density at radius 3 is 2.87 bits per heavy atom. The van der Waals surface area contributed by atoms with Gasteiger partial charge in [-0.05, 0) is 30.7 Å². The molecule has 1 amide bonds. The van der Waals surface area contributed by atoms with Crippen LogP contribution in [-0.4, -0.2) is 36.0 Å². The third-order valence-corrected chi connectivity index (χ3v) is 6.16. The quantitative estimate of drug-likeness (QED) is 0.512. The van der Waals surface area contributed by atoms with E-state index in [0.29, 0.717) is 27.8 Å². The van der Waals surface area contributed by atoms with Crippen molar-refractivity contribution in [2.45, 2.75) is 24.5 Å². The van der Waals surface area contributed by atoms with Crippen molar-refractivity contribution in [3.8, 4) is 5.69 Å². The van der Waals surface area contributed by atoms with Crippen LogP contribution in [0.1, 0.15) is 18.0 Å². The summed E-state index contributed by atoms with van der Waals surface area (Å²) in [5.41, 5.74) is 2.09. The van der Waals surface area contributed by atoms with E-state index in [9.17, 15) is 9.59 Å². The average molecular weight is 418 g/mol. The molecule has 1 atom stereocenters. The fourth-order valence-electron chi connectivity index (χ4n) is 3.55. The van der Waals surface area contributed by atoms with Gasteiger partial charge < -0.3 is 5.32 Å². The number of para-hydroxylation sites is 1. The van der Waals surface area contributed by atoms with E-state index in [4.69, 9.17) is 4.98 Å². The van der Waals surface area contributed by atoms with Crippen LogP contribution >= 0.6 is 11.8 Å². The smallest absolute Gasteiger partial charge is 0.265 e. The van der Waals surface area contributed by atoms with Crippen LogP contribution in [0.5, 0.6) is 0 Å². The third-order valence-electron chi connectivity index (χ3n) is 5.06. The number of hydrogen-bond acceptors (Lipinski definition) is 6. The molecule has 0 radical (unpaired) electrons. The molecule has 0 saturated carbocycles. The predicted molar refractivity (Wildman–Crippen MR) is 115 cm³/mol. The van der Waals surface area contributed by atoms with Gasteiger partial charge in [0, 0.05) is 18.4 Å². The number of anilines is 1. The number of thioether (sulfide) groups is 1. The SMILES string of the molecule is Cc1cccnc1NC(=O)CC1CSc2nc3c(cnn3-c3ccccc3)c(=O)n21. The maximum Gasteiger partial charge on any atom is 0.265 e. The zero-order valence-electron chi connectivity index (χ0n) is 16.1. The molecule has 1 aromatic carbocycles. The van der Waals surface area contributed by atoms with E-state index in [1.54, 1.807) is 21.6 Å². The standard InChI is InChI=1S/C21H18N6O2S/c1-13-6-5-9-22-18(13)24-17(28)10-15-12-30-21-25-19-16(20(29)26(15)21)11-23-27(19)14-7-3-2-4-8-14/h2-9,11,15H,10,12H2,1H3,(H,22,24,28). The molecule has 9 heteroatoms. The number of nitrogens with one attached hydrogen (secondary N) is 1. The first-order chi connectivity index (χ1) is 14.6. The first-order valence-corrected chi connectivity index (χ1v) is 10.5. The van der Waals surface area contributed by atoms with Crippen molar-refractivity contribution in [1.29, 1.82) is 0 Å². The van der Waals surface area contributed by atoms with Gasteiger partial charge in [0.2, 0.25) is 5.91 Å². The van der Waals surface area contributed by atoms with Crippen LogP contribution < -0.4 is 10.9 Å². The second kappa shape index (κ2) is 7.42. The number of aromatic nitrogens is 5. The van der Waals surface area contributed by atoms with Gasteiger partial charge >= 0.3 is 0 Å². The summed E-state index contributed by atoms with van der Waals surface area (Å²) in [6, 6.07) is 13.0. The number of nitrogens with zero attached hydrogens (tertiary/aromatic N) is 5. The van der Waals surface area contributed by atoms with Crippen LogP contribution in [0.25, 0.3) is 16.7 Å². The van der Waals surface area contributed by atoms with Crippen molar-refractivity contribution in [3.63, 3.8) is 0 Å². The molecule has 0 bridgehead atoms. The Balaban J connectivity index is 1.46. The van der Waals surface area contributed by atoms with Gasteiger partial charge in [0.25, 0.3) is 5.56 Å². The van der Waals surface area contributed by atoms with Crippen molar-refractivity contribution in [3.05, 3.63) is 70.8 Å². The number of carbonyl (C=O) groups is 1. The highest BCUT2D eigenvalue weighted by Crippen LogP contribution is 2.33. The molecule has 0 aliphatic carbocycles. The number of fused-ring (bicyclic) bond motifs is 2. The molecule has 0 saturated heterocycles. The minimum Gasteiger partial charge on any atom is -0.310 e. The monoisotopic (exact) mass is 418 g/mol. The maximum absolute atomic E-state index is 13.2. The van der Waals surface area contributed by atoms with Crippen LogP contribution in [0, 0.1) is 6.92 Å².